The van der Waals surface area contributed by atoms with Gasteiger partial charge in [-0.2, -0.15) is 5.26 Å². The van der Waals surface area contributed by atoms with Crippen LogP contribution in [0.4, 0.5) is 0 Å². The number of carboxylic acid groups (broad SMARTS) is 1. The molecule has 0 unspecified atom stereocenters. The second-order valence-electron chi connectivity index (χ2n) is 6.19. The third-order valence-electron chi connectivity index (χ3n) is 4.20. The SMILES string of the molecule is C=C/C(=C\C=C(/C)S(C)(=O)=O)Sc1c(C)c(CC(=O)O)c2cc(C#N)ccn12. The molecule has 0 saturated heterocycles. The number of hydrogen-bond acceptors (Lipinski definition) is 5. The molecule has 0 atom stereocenters. The van der Waals surface area contributed by atoms with E-state index >= 15 is 0 Å². The van der Waals surface area contributed by atoms with Crippen molar-refractivity contribution in [2.75, 3.05) is 6.26 Å². The van der Waals surface area contributed by atoms with Crippen LogP contribution in [0.15, 0.2) is 58.0 Å². The van der Waals surface area contributed by atoms with Crippen LogP contribution in [0, 0.1) is 18.3 Å². The van der Waals surface area contributed by atoms with Gasteiger partial charge in [0.25, 0.3) is 0 Å². The van der Waals surface area contributed by atoms with E-state index in [1.807, 2.05) is 11.3 Å². The van der Waals surface area contributed by atoms with Crippen LogP contribution >= 0.6 is 11.8 Å². The van der Waals surface area contributed by atoms with E-state index in [9.17, 15) is 18.3 Å². The van der Waals surface area contributed by atoms with Crippen molar-refractivity contribution in [1.29, 1.82) is 5.26 Å². The molecule has 2 aromatic rings. The fourth-order valence-corrected chi connectivity index (χ4v) is 3.85. The monoisotopic (exact) mass is 416 g/mol. The zero-order valence-corrected chi connectivity index (χ0v) is 17.4. The molecule has 0 spiro atoms. The molecule has 8 heteroatoms. The molecule has 0 aromatic carbocycles. The van der Waals surface area contributed by atoms with Crippen LogP contribution in [0.25, 0.3) is 5.52 Å². The van der Waals surface area contributed by atoms with Crippen LogP contribution in [-0.2, 0) is 21.1 Å². The largest absolute Gasteiger partial charge is 0.481 e. The van der Waals surface area contributed by atoms with Crippen LogP contribution in [0.2, 0.25) is 0 Å². The Morgan fingerprint density at radius 2 is 2.11 bits per heavy atom. The van der Waals surface area contributed by atoms with E-state index in [-0.39, 0.29) is 11.3 Å². The highest BCUT2D eigenvalue weighted by molar-refractivity contribution is 8.03. The Balaban J connectivity index is 2.60. The summed E-state index contributed by atoms with van der Waals surface area (Å²) in [5.74, 6) is -0.958. The highest BCUT2D eigenvalue weighted by atomic mass is 32.2. The average molecular weight is 417 g/mol. The van der Waals surface area contributed by atoms with Crippen LogP contribution in [0.1, 0.15) is 23.6 Å². The molecule has 0 aliphatic heterocycles. The van der Waals surface area contributed by atoms with E-state index in [1.165, 1.54) is 24.8 Å². The molecule has 0 bridgehead atoms. The Labute approximate surface area is 168 Å². The van der Waals surface area contributed by atoms with Gasteiger partial charge < -0.3 is 9.51 Å². The molecule has 2 aromatic heterocycles. The first-order chi connectivity index (χ1) is 13.1. The third-order valence-corrected chi connectivity index (χ3v) is 6.74. The summed E-state index contributed by atoms with van der Waals surface area (Å²) in [6.45, 7) is 7.12. The molecule has 0 aliphatic rings. The molecule has 1 N–H and O–H groups in total. The maximum absolute atomic E-state index is 11.6. The van der Waals surface area contributed by atoms with Crippen molar-refractivity contribution in [2.24, 2.45) is 0 Å². The molecular formula is C20H20N2O4S2. The van der Waals surface area contributed by atoms with E-state index in [0.717, 1.165) is 16.8 Å². The number of aliphatic carboxylic acids is 1. The topological polar surface area (TPSA) is 99.6 Å². The summed E-state index contributed by atoms with van der Waals surface area (Å²) in [5.41, 5.74) is 2.53. The van der Waals surface area contributed by atoms with Gasteiger partial charge >= 0.3 is 5.97 Å². The number of nitrogens with zero attached hydrogens (tertiary/aromatic N) is 2. The summed E-state index contributed by atoms with van der Waals surface area (Å²) in [4.78, 5) is 12.2. The van der Waals surface area contributed by atoms with E-state index in [0.29, 0.717) is 21.5 Å². The minimum absolute atomic E-state index is 0.162. The number of rotatable bonds is 7. The number of fused-ring (bicyclic) bond motifs is 1. The maximum Gasteiger partial charge on any atom is 0.307 e. The van der Waals surface area contributed by atoms with Crippen LogP contribution in [-0.4, -0.2) is 30.2 Å². The number of carbonyl (C=O) groups is 1. The van der Waals surface area contributed by atoms with Gasteiger partial charge in [-0.25, -0.2) is 8.42 Å². The summed E-state index contributed by atoms with van der Waals surface area (Å²) in [6, 6.07) is 5.39. The fraction of sp³-hybridized carbons (Fsp3) is 0.200. The highest BCUT2D eigenvalue weighted by Crippen LogP contribution is 2.36. The van der Waals surface area contributed by atoms with Crippen molar-refractivity contribution in [3.8, 4) is 6.07 Å². The molecule has 0 fully saturated rings. The Morgan fingerprint density at radius 1 is 1.43 bits per heavy atom. The Kier molecular flexibility index (Phi) is 6.54. The van der Waals surface area contributed by atoms with Crippen LogP contribution in [0.3, 0.4) is 0 Å². The number of aromatic nitrogens is 1. The molecule has 6 nitrogen and oxygen atoms in total. The Morgan fingerprint density at radius 3 is 2.64 bits per heavy atom. The van der Waals surface area contributed by atoms with Crippen molar-refractivity contribution in [1.82, 2.24) is 4.40 Å². The van der Waals surface area contributed by atoms with E-state index in [4.69, 9.17) is 5.26 Å². The number of thioether (sulfide) groups is 1. The second kappa shape index (κ2) is 8.50. The summed E-state index contributed by atoms with van der Waals surface area (Å²) in [5, 5.41) is 19.2. The first kappa shape index (κ1) is 21.5. The predicted octanol–water partition coefficient (Wildman–Crippen LogP) is 3.86. The van der Waals surface area contributed by atoms with E-state index in [1.54, 1.807) is 30.5 Å². The number of sulfone groups is 1. The van der Waals surface area contributed by atoms with Gasteiger partial charge in [-0.15, -0.1) is 0 Å². The van der Waals surface area contributed by atoms with Gasteiger partial charge in [0.2, 0.25) is 0 Å². The quantitative estimate of drug-likeness (QED) is 0.543. The van der Waals surface area contributed by atoms with Crippen molar-refractivity contribution in [3.63, 3.8) is 0 Å². The van der Waals surface area contributed by atoms with Gasteiger partial charge in [0.05, 0.1) is 28.6 Å². The van der Waals surface area contributed by atoms with E-state index < -0.39 is 15.8 Å². The molecule has 146 valence electrons. The van der Waals surface area contributed by atoms with Crippen molar-refractivity contribution in [2.45, 2.75) is 25.3 Å². The Hall–Kier alpha value is -2.76. The zero-order valence-electron chi connectivity index (χ0n) is 15.8. The zero-order chi connectivity index (χ0) is 21.1. The molecule has 0 aliphatic carbocycles. The minimum Gasteiger partial charge on any atom is -0.481 e. The molecule has 28 heavy (non-hydrogen) atoms. The highest BCUT2D eigenvalue weighted by Gasteiger charge is 2.18. The molecule has 0 radical (unpaired) electrons. The lowest BCUT2D eigenvalue weighted by atomic mass is 10.1. The van der Waals surface area contributed by atoms with Crippen molar-refractivity contribution >= 4 is 33.1 Å². The van der Waals surface area contributed by atoms with Gasteiger partial charge in [0.15, 0.2) is 9.84 Å². The Bertz CT molecular complexity index is 1160. The lowest BCUT2D eigenvalue weighted by Crippen LogP contribution is -2.01. The van der Waals surface area contributed by atoms with Crippen molar-refractivity contribution < 1.29 is 18.3 Å². The van der Waals surface area contributed by atoms with Gasteiger partial charge in [0.1, 0.15) is 0 Å². The van der Waals surface area contributed by atoms with Crippen LogP contribution in [0.5, 0.6) is 0 Å². The smallest absolute Gasteiger partial charge is 0.307 e. The molecular weight excluding hydrogens is 396 g/mol. The fourth-order valence-electron chi connectivity index (χ4n) is 2.56. The van der Waals surface area contributed by atoms with Crippen molar-refractivity contribution in [3.05, 3.63) is 69.6 Å². The first-order valence-corrected chi connectivity index (χ1v) is 10.9. The number of allylic oxidation sites excluding steroid dienone is 4. The van der Waals surface area contributed by atoms with Gasteiger partial charge in [-0.05, 0) is 49.3 Å². The summed E-state index contributed by atoms with van der Waals surface area (Å²) < 4.78 is 25.0. The second-order valence-corrected chi connectivity index (χ2v) is 9.44. The predicted molar refractivity (Wildman–Crippen MR) is 111 cm³/mol. The molecule has 2 rings (SSSR count). The van der Waals surface area contributed by atoms with Crippen LogP contribution < -0.4 is 0 Å². The van der Waals surface area contributed by atoms with E-state index in [2.05, 4.69) is 12.6 Å². The number of hydrogen-bond donors (Lipinski definition) is 1. The molecule has 2 heterocycles. The lowest BCUT2D eigenvalue weighted by Gasteiger charge is -2.05. The summed E-state index contributed by atoms with van der Waals surface area (Å²) in [6.07, 6.45) is 7.49. The minimum atomic E-state index is -3.27. The average Bonchev–Trinajstić information content (AvgIpc) is 2.88. The maximum atomic E-state index is 11.6. The van der Waals surface area contributed by atoms with Gasteiger partial charge in [0, 0.05) is 22.3 Å². The first-order valence-electron chi connectivity index (χ1n) is 8.22. The molecule has 0 saturated carbocycles. The summed E-state index contributed by atoms with van der Waals surface area (Å²) in [7, 11) is -3.27. The summed E-state index contributed by atoms with van der Waals surface area (Å²) >= 11 is 1.35. The number of nitriles is 1. The number of pyridine rings is 1. The third kappa shape index (κ3) is 4.74. The van der Waals surface area contributed by atoms with Gasteiger partial charge in [-0.3, -0.25) is 4.79 Å². The number of carboxylic acids is 1. The molecule has 0 amide bonds. The standard InChI is InChI=1S/C20H20N2O4S2/c1-5-16(7-6-13(2)28(4,25)26)27-20-14(3)17(11-19(23)24)18-10-15(12-21)8-9-22(18)20/h5-10H,1,11H2,2-4H3,(H,23,24)/b13-6+,16-7+. The van der Waals surface area contributed by atoms with Gasteiger partial charge in [-0.1, -0.05) is 24.4 Å². The lowest BCUT2D eigenvalue weighted by molar-refractivity contribution is -0.136. The normalized spacial score (nSPS) is 12.8.